The Morgan fingerprint density at radius 1 is 1.08 bits per heavy atom. The predicted octanol–water partition coefficient (Wildman–Crippen LogP) is 2.01. The molecule has 2 aromatic rings. The molecule has 2 aromatic carbocycles. The molecule has 1 N–H and O–H groups in total. The first-order chi connectivity index (χ1) is 12.0. The molecule has 1 aliphatic rings. The summed E-state index contributed by atoms with van der Waals surface area (Å²) in [6, 6.07) is 13.9. The third-order valence-corrected chi connectivity index (χ3v) is 4.14. The molecule has 0 aromatic heterocycles. The van der Waals surface area contributed by atoms with Crippen molar-refractivity contribution >= 4 is 29.0 Å². The van der Waals surface area contributed by atoms with E-state index < -0.39 is 5.97 Å². The van der Waals surface area contributed by atoms with Crippen molar-refractivity contribution in [1.82, 2.24) is 0 Å². The van der Waals surface area contributed by atoms with Gasteiger partial charge in [-0.1, -0.05) is 24.3 Å². The van der Waals surface area contributed by atoms with E-state index in [0.717, 1.165) is 29.9 Å². The molecule has 1 saturated heterocycles. The second-order valence-electron chi connectivity index (χ2n) is 5.87. The summed E-state index contributed by atoms with van der Waals surface area (Å²) in [7, 11) is 0. The topological polar surface area (TPSA) is 84.8 Å². The van der Waals surface area contributed by atoms with Crippen LogP contribution in [0.3, 0.4) is 0 Å². The number of carbonyl (C=O) groups excluding carboxylic acids is 2. The van der Waals surface area contributed by atoms with Crippen LogP contribution in [0.1, 0.15) is 35.7 Å². The number of amides is 1. The summed E-state index contributed by atoms with van der Waals surface area (Å²) in [6.07, 6.45) is 1.52. The molecule has 0 atom stereocenters. The van der Waals surface area contributed by atoms with Gasteiger partial charge >= 0.3 is 0 Å². The van der Waals surface area contributed by atoms with Gasteiger partial charge in [-0.05, 0) is 48.7 Å². The Bertz CT molecular complexity index is 811. The minimum absolute atomic E-state index is 0.123. The minimum atomic E-state index is -1.21. The first-order valence-corrected chi connectivity index (χ1v) is 8.07. The Kier molecular flexibility index (Phi) is 4.79. The smallest absolute Gasteiger partial charge is 0.227 e. The molecule has 3 rings (SSSR count). The molecule has 128 valence electrons. The molecule has 1 amide bonds. The van der Waals surface area contributed by atoms with Crippen LogP contribution in [0, 0.1) is 0 Å². The SMILES string of the molecule is C/C(=N/Nc1ccc(C(=O)[O-])cc1)c1ccc(N2CCCC2=O)cc1. The van der Waals surface area contributed by atoms with Gasteiger partial charge in [0.05, 0.1) is 17.4 Å². The van der Waals surface area contributed by atoms with Crippen molar-refractivity contribution in [3.63, 3.8) is 0 Å². The second-order valence-corrected chi connectivity index (χ2v) is 5.87. The molecular weight excluding hydrogens is 318 g/mol. The maximum atomic E-state index is 11.8. The number of carbonyl (C=O) groups is 2. The van der Waals surface area contributed by atoms with Crippen molar-refractivity contribution in [3.8, 4) is 0 Å². The second kappa shape index (κ2) is 7.17. The zero-order valence-corrected chi connectivity index (χ0v) is 13.9. The fraction of sp³-hybridized carbons (Fsp3) is 0.211. The number of hydrogen-bond acceptors (Lipinski definition) is 5. The van der Waals surface area contributed by atoms with Gasteiger partial charge in [-0.25, -0.2) is 0 Å². The van der Waals surface area contributed by atoms with Crippen LogP contribution in [-0.2, 0) is 4.79 Å². The molecular formula is C19H18N3O3-. The zero-order valence-electron chi connectivity index (χ0n) is 13.9. The zero-order chi connectivity index (χ0) is 17.8. The molecule has 6 nitrogen and oxygen atoms in total. The highest BCUT2D eigenvalue weighted by Gasteiger charge is 2.21. The number of benzene rings is 2. The highest BCUT2D eigenvalue weighted by molar-refractivity contribution is 6.00. The summed E-state index contributed by atoms with van der Waals surface area (Å²) < 4.78 is 0. The Labute approximate surface area is 145 Å². The van der Waals surface area contributed by atoms with E-state index in [1.807, 2.05) is 31.2 Å². The van der Waals surface area contributed by atoms with E-state index >= 15 is 0 Å². The standard InChI is InChI=1S/C19H19N3O3/c1-13(20-21-16-8-4-15(5-9-16)19(24)25)14-6-10-17(11-7-14)22-12-2-3-18(22)23/h4-11,21H,2-3,12H2,1H3,(H,24,25)/p-1/b20-13-. The lowest BCUT2D eigenvalue weighted by Crippen LogP contribution is -2.23. The van der Waals surface area contributed by atoms with Gasteiger partial charge in [-0.3, -0.25) is 10.2 Å². The van der Waals surface area contributed by atoms with Crippen LogP contribution in [0.4, 0.5) is 11.4 Å². The largest absolute Gasteiger partial charge is 0.545 e. The minimum Gasteiger partial charge on any atom is -0.545 e. The fourth-order valence-electron chi connectivity index (χ4n) is 2.70. The number of aromatic carboxylic acids is 1. The molecule has 0 unspecified atom stereocenters. The van der Waals surface area contributed by atoms with Crippen LogP contribution in [0.5, 0.6) is 0 Å². The van der Waals surface area contributed by atoms with Crippen LogP contribution in [0.15, 0.2) is 53.6 Å². The van der Waals surface area contributed by atoms with E-state index in [1.54, 1.807) is 17.0 Å². The highest BCUT2D eigenvalue weighted by atomic mass is 16.4. The van der Waals surface area contributed by atoms with Crippen molar-refractivity contribution in [1.29, 1.82) is 0 Å². The summed E-state index contributed by atoms with van der Waals surface area (Å²) in [4.78, 5) is 24.3. The average Bonchev–Trinajstić information content (AvgIpc) is 3.06. The highest BCUT2D eigenvalue weighted by Crippen LogP contribution is 2.21. The lowest BCUT2D eigenvalue weighted by Gasteiger charge is -2.15. The van der Waals surface area contributed by atoms with Crippen LogP contribution < -0.4 is 15.4 Å². The Balaban J connectivity index is 1.67. The monoisotopic (exact) mass is 336 g/mol. The summed E-state index contributed by atoms with van der Waals surface area (Å²) in [5, 5.41) is 15.0. The summed E-state index contributed by atoms with van der Waals surface area (Å²) in [6.45, 7) is 2.65. The number of nitrogens with zero attached hydrogens (tertiary/aromatic N) is 2. The van der Waals surface area contributed by atoms with E-state index in [1.165, 1.54) is 12.1 Å². The number of nitrogens with one attached hydrogen (secondary N) is 1. The molecule has 0 aliphatic carbocycles. The Hall–Kier alpha value is -3.15. The number of hydrogen-bond donors (Lipinski definition) is 1. The van der Waals surface area contributed by atoms with E-state index in [9.17, 15) is 14.7 Å². The van der Waals surface area contributed by atoms with Gasteiger partial charge in [0.15, 0.2) is 0 Å². The van der Waals surface area contributed by atoms with Gasteiger partial charge in [0, 0.05) is 18.7 Å². The molecule has 6 heteroatoms. The first-order valence-electron chi connectivity index (χ1n) is 8.07. The number of rotatable bonds is 5. The predicted molar refractivity (Wildman–Crippen MR) is 94.6 cm³/mol. The number of carboxylic acids is 1. The van der Waals surface area contributed by atoms with E-state index in [-0.39, 0.29) is 11.5 Å². The van der Waals surface area contributed by atoms with Crippen molar-refractivity contribution in [3.05, 3.63) is 59.7 Å². The lowest BCUT2D eigenvalue weighted by molar-refractivity contribution is -0.255. The molecule has 25 heavy (non-hydrogen) atoms. The van der Waals surface area contributed by atoms with Crippen LogP contribution in [0.25, 0.3) is 0 Å². The third-order valence-electron chi connectivity index (χ3n) is 4.14. The Morgan fingerprint density at radius 3 is 2.28 bits per heavy atom. The maximum absolute atomic E-state index is 11.8. The molecule has 0 spiro atoms. The van der Waals surface area contributed by atoms with Gasteiger partial charge in [-0.2, -0.15) is 5.10 Å². The summed E-state index contributed by atoms with van der Waals surface area (Å²) in [5.74, 6) is -1.04. The lowest BCUT2D eigenvalue weighted by atomic mass is 10.1. The number of anilines is 2. The van der Waals surface area contributed by atoms with Crippen molar-refractivity contribution in [2.75, 3.05) is 16.9 Å². The number of carboxylic acid groups (broad SMARTS) is 1. The van der Waals surface area contributed by atoms with Gasteiger partial charge in [0.25, 0.3) is 0 Å². The van der Waals surface area contributed by atoms with Gasteiger partial charge in [-0.15, -0.1) is 0 Å². The van der Waals surface area contributed by atoms with Crippen LogP contribution >= 0.6 is 0 Å². The van der Waals surface area contributed by atoms with Crippen LogP contribution in [0.2, 0.25) is 0 Å². The van der Waals surface area contributed by atoms with Gasteiger partial charge in [0.1, 0.15) is 0 Å². The molecule has 0 bridgehead atoms. The first kappa shape index (κ1) is 16.7. The average molecular weight is 336 g/mol. The quantitative estimate of drug-likeness (QED) is 0.668. The third kappa shape index (κ3) is 3.85. The normalized spacial score (nSPS) is 14.7. The van der Waals surface area contributed by atoms with Crippen molar-refractivity contribution < 1.29 is 14.7 Å². The fourth-order valence-corrected chi connectivity index (χ4v) is 2.70. The molecule has 1 heterocycles. The molecule has 1 fully saturated rings. The van der Waals surface area contributed by atoms with E-state index in [2.05, 4.69) is 10.5 Å². The summed E-state index contributed by atoms with van der Waals surface area (Å²) >= 11 is 0. The van der Waals surface area contributed by atoms with Crippen molar-refractivity contribution in [2.45, 2.75) is 19.8 Å². The molecule has 0 saturated carbocycles. The van der Waals surface area contributed by atoms with E-state index in [0.29, 0.717) is 12.1 Å². The maximum Gasteiger partial charge on any atom is 0.227 e. The Morgan fingerprint density at radius 2 is 1.72 bits per heavy atom. The summed E-state index contributed by atoms with van der Waals surface area (Å²) in [5.41, 5.74) is 6.33. The van der Waals surface area contributed by atoms with Gasteiger partial charge in [0.2, 0.25) is 5.91 Å². The number of hydrazone groups is 1. The molecule has 0 radical (unpaired) electrons. The van der Waals surface area contributed by atoms with Crippen LogP contribution in [-0.4, -0.2) is 24.1 Å². The van der Waals surface area contributed by atoms with Crippen molar-refractivity contribution in [2.24, 2.45) is 5.10 Å². The molecule has 1 aliphatic heterocycles. The van der Waals surface area contributed by atoms with Gasteiger partial charge < -0.3 is 14.8 Å². The van der Waals surface area contributed by atoms with E-state index in [4.69, 9.17) is 0 Å².